The van der Waals surface area contributed by atoms with Crippen molar-refractivity contribution in [2.45, 2.75) is 25.8 Å². The predicted octanol–water partition coefficient (Wildman–Crippen LogP) is 0.0533. The molecule has 0 bridgehead atoms. The van der Waals surface area contributed by atoms with Crippen LogP contribution >= 0.6 is 12.4 Å². The average Bonchev–Trinajstić information content (AvgIpc) is 2.88. The van der Waals surface area contributed by atoms with Gasteiger partial charge in [0, 0.05) is 19.1 Å². The van der Waals surface area contributed by atoms with Crippen LogP contribution in [0.2, 0.25) is 0 Å². The number of carbonyl (C=O) groups excluding carboxylic acids is 1. The van der Waals surface area contributed by atoms with E-state index in [1.54, 1.807) is 4.90 Å². The van der Waals surface area contributed by atoms with E-state index in [4.69, 9.17) is 0 Å². The van der Waals surface area contributed by atoms with Crippen LogP contribution in [0.5, 0.6) is 0 Å². The number of hydrogen-bond acceptors (Lipinski definition) is 4. The Balaban J connectivity index is 0.00000162. The zero-order valence-corrected chi connectivity index (χ0v) is 12.2. The Morgan fingerprint density at radius 2 is 2.11 bits per heavy atom. The summed E-state index contributed by atoms with van der Waals surface area (Å²) >= 11 is 0. The highest BCUT2D eigenvalue weighted by atomic mass is 35.5. The highest BCUT2D eigenvalue weighted by molar-refractivity contribution is 7.91. The maximum Gasteiger partial charge on any atom is 0.227 e. The molecule has 2 atom stereocenters. The molecule has 106 valence electrons. The minimum absolute atomic E-state index is 0. The molecule has 2 unspecified atom stereocenters. The summed E-state index contributed by atoms with van der Waals surface area (Å²) in [6, 6.07) is -0.0990. The van der Waals surface area contributed by atoms with Gasteiger partial charge in [-0.25, -0.2) is 8.42 Å². The molecule has 0 aromatic carbocycles. The van der Waals surface area contributed by atoms with E-state index in [9.17, 15) is 13.2 Å². The first-order valence-electron chi connectivity index (χ1n) is 6.25. The number of amides is 1. The van der Waals surface area contributed by atoms with Crippen molar-refractivity contribution < 1.29 is 13.2 Å². The zero-order valence-electron chi connectivity index (χ0n) is 10.6. The van der Waals surface area contributed by atoms with Crippen molar-refractivity contribution in [1.82, 2.24) is 10.2 Å². The smallest absolute Gasteiger partial charge is 0.227 e. The van der Waals surface area contributed by atoms with Crippen LogP contribution in [0.1, 0.15) is 19.8 Å². The maximum absolute atomic E-state index is 12.3. The van der Waals surface area contributed by atoms with Gasteiger partial charge in [-0.05, 0) is 26.3 Å². The number of hydrogen-bond donors (Lipinski definition) is 1. The molecular weight excluding hydrogens is 276 g/mol. The Labute approximate surface area is 115 Å². The van der Waals surface area contributed by atoms with Gasteiger partial charge in [-0.3, -0.25) is 4.79 Å². The lowest BCUT2D eigenvalue weighted by molar-refractivity contribution is -0.136. The van der Waals surface area contributed by atoms with Gasteiger partial charge >= 0.3 is 0 Å². The fourth-order valence-electron chi connectivity index (χ4n) is 2.72. The van der Waals surface area contributed by atoms with Gasteiger partial charge in [0.15, 0.2) is 9.84 Å². The number of nitrogens with one attached hydrogen (secondary N) is 1. The molecule has 5 nitrogen and oxygen atoms in total. The number of rotatable bonds is 3. The van der Waals surface area contributed by atoms with Crippen LogP contribution in [0.15, 0.2) is 0 Å². The van der Waals surface area contributed by atoms with E-state index in [1.165, 1.54) is 0 Å². The van der Waals surface area contributed by atoms with Gasteiger partial charge in [0.05, 0.1) is 17.4 Å². The molecule has 2 fully saturated rings. The van der Waals surface area contributed by atoms with Crippen molar-refractivity contribution in [1.29, 1.82) is 0 Å². The van der Waals surface area contributed by atoms with Gasteiger partial charge in [-0.15, -0.1) is 12.4 Å². The quantitative estimate of drug-likeness (QED) is 0.799. The molecule has 0 radical (unpaired) electrons. The van der Waals surface area contributed by atoms with Crippen molar-refractivity contribution in [2.24, 2.45) is 5.92 Å². The molecular formula is C11H21ClN2O3S. The summed E-state index contributed by atoms with van der Waals surface area (Å²) in [5.74, 6) is 0.537. The second-order valence-electron chi connectivity index (χ2n) is 4.87. The van der Waals surface area contributed by atoms with Crippen molar-refractivity contribution in [2.75, 3.05) is 31.1 Å². The van der Waals surface area contributed by atoms with E-state index in [-0.39, 0.29) is 41.8 Å². The molecule has 2 aliphatic heterocycles. The third-order valence-electron chi connectivity index (χ3n) is 3.68. The van der Waals surface area contributed by atoms with E-state index in [0.717, 1.165) is 19.5 Å². The van der Waals surface area contributed by atoms with Gasteiger partial charge in [-0.2, -0.15) is 0 Å². The third-order valence-corrected chi connectivity index (χ3v) is 5.43. The monoisotopic (exact) mass is 296 g/mol. The lowest BCUT2D eigenvalue weighted by Gasteiger charge is -2.29. The molecule has 2 aliphatic rings. The Hall–Kier alpha value is -0.330. The van der Waals surface area contributed by atoms with Crippen LogP contribution < -0.4 is 5.32 Å². The minimum atomic E-state index is -2.92. The zero-order chi connectivity index (χ0) is 12.5. The van der Waals surface area contributed by atoms with Gasteiger partial charge < -0.3 is 10.2 Å². The molecule has 1 N–H and O–H groups in total. The Bertz CT molecular complexity index is 393. The Morgan fingerprint density at radius 1 is 1.39 bits per heavy atom. The number of sulfone groups is 1. The van der Waals surface area contributed by atoms with E-state index in [1.807, 2.05) is 6.92 Å². The molecule has 0 spiro atoms. The van der Waals surface area contributed by atoms with E-state index >= 15 is 0 Å². The fourth-order valence-corrected chi connectivity index (χ4v) is 4.45. The van der Waals surface area contributed by atoms with Crippen LogP contribution in [-0.2, 0) is 14.6 Å². The summed E-state index contributed by atoms with van der Waals surface area (Å²) < 4.78 is 22.9. The molecule has 1 amide bonds. The summed E-state index contributed by atoms with van der Waals surface area (Å²) in [7, 11) is -2.92. The van der Waals surface area contributed by atoms with E-state index in [0.29, 0.717) is 13.0 Å². The van der Waals surface area contributed by atoms with Gasteiger partial charge in [0.1, 0.15) is 0 Å². The largest absolute Gasteiger partial charge is 0.339 e. The van der Waals surface area contributed by atoms with Crippen LogP contribution in [0.3, 0.4) is 0 Å². The minimum Gasteiger partial charge on any atom is -0.339 e. The third kappa shape index (κ3) is 3.36. The van der Waals surface area contributed by atoms with E-state index in [2.05, 4.69) is 5.32 Å². The second-order valence-corrected chi connectivity index (χ2v) is 7.10. The fraction of sp³-hybridized carbons (Fsp3) is 0.909. The molecule has 7 heteroatoms. The van der Waals surface area contributed by atoms with Gasteiger partial charge in [0.25, 0.3) is 0 Å². The summed E-state index contributed by atoms with van der Waals surface area (Å²) in [6.45, 7) is 4.15. The summed E-state index contributed by atoms with van der Waals surface area (Å²) in [5.41, 5.74) is 0. The van der Waals surface area contributed by atoms with E-state index < -0.39 is 9.84 Å². The van der Waals surface area contributed by atoms with Crippen molar-refractivity contribution in [3.63, 3.8) is 0 Å². The molecule has 2 rings (SSSR count). The first-order chi connectivity index (χ1) is 8.03. The topological polar surface area (TPSA) is 66.5 Å². The first-order valence-corrected chi connectivity index (χ1v) is 8.07. The molecule has 18 heavy (non-hydrogen) atoms. The molecule has 0 aromatic heterocycles. The van der Waals surface area contributed by atoms with Crippen LogP contribution in [0, 0.1) is 5.92 Å². The molecule has 0 saturated carbocycles. The summed E-state index contributed by atoms with van der Waals surface area (Å²) in [6.07, 6.45) is 1.47. The van der Waals surface area contributed by atoms with Crippen LogP contribution in [0.4, 0.5) is 0 Å². The number of halogens is 1. The molecule has 2 heterocycles. The highest BCUT2D eigenvalue weighted by Crippen LogP contribution is 2.21. The maximum atomic E-state index is 12.3. The summed E-state index contributed by atoms with van der Waals surface area (Å²) in [4.78, 5) is 14.0. The number of carbonyl (C=O) groups is 1. The number of nitrogens with zero attached hydrogens (tertiary/aromatic N) is 1. The SMILES string of the molecule is CCN(C(=O)C1CCNC1)C1CCS(=O)(=O)C1.Cl. The lowest BCUT2D eigenvalue weighted by atomic mass is 10.1. The standard InChI is InChI=1S/C11H20N2O3S.ClH/c1-2-13(10-4-6-17(15,16)8-10)11(14)9-3-5-12-7-9;/h9-10,12H,2-8H2,1H3;1H. The molecule has 0 aromatic rings. The average molecular weight is 297 g/mol. The van der Waals surface area contributed by atoms with Gasteiger partial charge in [0.2, 0.25) is 5.91 Å². The van der Waals surface area contributed by atoms with Crippen molar-refractivity contribution in [3.8, 4) is 0 Å². The van der Waals surface area contributed by atoms with Gasteiger partial charge in [-0.1, -0.05) is 0 Å². The molecule has 0 aliphatic carbocycles. The molecule has 2 saturated heterocycles. The van der Waals surface area contributed by atoms with Crippen molar-refractivity contribution in [3.05, 3.63) is 0 Å². The normalized spacial score (nSPS) is 29.8. The van der Waals surface area contributed by atoms with Crippen LogP contribution in [0.25, 0.3) is 0 Å². The summed E-state index contributed by atoms with van der Waals surface area (Å²) in [5, 5.41) is 3.17. The highest BCUT2D eigenvalue weighted by Gasteiger charge is 2.36. The second kappa shape index (κ2) is 6.21. The lowest BCUT2D eigenvalue weighted by Crippen LogP contribution is -2.44. The Morgan fingerprint density at radius 3 is 2.56 bits per heavy atom. The first kappa shape index (κ1) is 15.7. The van der Waals surface area contributed by atoms with Crippen LogP contribution in [-0.4, -0.2) is 56.4 Å². The Kier molecular flexibility index (Phi) is 5.43. The van der Waals surface area contributed by atoms with Crippen molar-refractivity contribution >= 4 is 28.2 Å². The predicted molar refractivity (Wildman–Crippen MR) is 72.7 cm³/mol.